The summed E-state index contributed by atoms with van der Waals surface area (Å²) in [6, 6.07) is 13.3. The number of fused-ring (bicyclic) bond motifs is 5. The third kappa shape index (κ3) is 2.47. The van der Waals surface area contributed by atoms with Crippen LogP contribution in [0.5, 0.6) is 17.2 Å². The molecule has 0 saturated heterocycles. The van der Waals surface area contributed by atoms with Crippen molar-refractivity contribution in [3.63, 3.8) is 0 Å². The van der Waals surface area contributed by atoms with E-state index >= 15 is 0 Å². The number of phenols is 1. The molecule has 1 unspecified atom stereocenters. The van der Waals surface area contributed by atoms with Crippen LogP contribution in [0.4, 0.5) is 0 Å². The highest BCUT2D eigenvalue weighted by Crippen LogP contribution is 2.54. The summed E-state index contributed by atoms with van der Waals surface area (Å²) in [6.45, 7) is 2.11. The number of ether oxygens (including phenoxy) is 2. The molecule has 0 heterocycles. The van der Waals surface area contributed by atoms with Crippen molar-refractivity contribution in [3.05, 3.63) is 53.6 Å². The maximum Gasteiger partial charge on any atom is 0.161 e. The number of rotatable bonds is 5. The lowest BCUT2D eigenvalue weighted by Gasteiger charge is -2.26. The lowest BCUT2D eigenvalue weighted by atomic mass is 9.85. The molecule has 0 saturated carbocycles. The first kappa shape index (κ1) is 17.7. The molecule has 2 N–H and O–H groups in total. The quantitative estimate of drug-likeness (QED) is 0.671. The topological polar surface area (TPSA) is 58.9 Å². The second-order valence-corrected chi connectivity index (χ2v) is 7.08. The first-order valence-electron chi connectivity index (χ1n) is 9.29. The summed E-state index contributed by atoms with van der Waals surface area (Å²) < 4.78 is 10.9. The number of aliphatic hydroxyl groups is 1. The fourth-order valence-electron chi connectivity index (χ4n) is 4.25. The summed E-state index contributed by atoms with van der Waals surface area (Å²) in [4.78, 5) is 0. The van der Waals surface area contributed by atoms with Crippen molar-refractivity contribution in [1.82, 2.24) is 0 Å². The fourth-order valence-corrected chi connectivity index (χ4v) is 4.25. The largest absolute Gasteiger partial charge is 0.507 e. The van der Waals surface area contributed by atoms with E-state index in [0.717, 1.165) is 40.5 Å². The minimum Gasteiger partial charge on any atom is -0.507 e. The first-order valence-corrected chi connectivity index (χ1v) is 9.29. The number of phenolic OH excluding ortho intramolecular Hbond substituents is 1. The van der Waals surface area contributed by atoms with Crippen molar-refractivity contribution in [1.29, 1.82) is 0 Å². The Labute approximate surface area is 159 Å². The molecule has 0 aliphatic heterocycles. The Bertz CT molecular complexity index is 1020. The average Bonchev–Trinajstić information content (AvgIpc) is 2.94. The van der Waals surface area contributed by atoms with Crippen LogP contribution in [0.15, 0.2) is 42.5 Å². The molecule has 140 valence electrons. The average molecular weight is 364 g/mol. The normalized spacial score (nSPS) is 17.6. The molecule has 3 aromatic carbocycles. The highest BCUT2D eigenvalue weighted by atomic mass is 16.5. The Hall–Kier alpha value is -2.72. The van der Waals surface area contributed by atoms with Crippen LogP contribution in [-0.2, 0) is 5.60 Å². The first-order chi connectivity index (χ1) is 13.0. The lowest BCUT2D eigenvalue weighted by Crippen LogP contribution is -2.24. The Morgan fingerprint density at radius 3 is 2.26 bits per heavy atom. The van der Waals surface area contributed by atoms with Gasteiger partial charge in [0.05, 0.1) is 14.2 Å². The van der Waals surface area contributed by atoms with Gasteiger partial charge in [0.25, 0.3) is 0 Å². The molecule has 1 aliphatic carbocycles. The van der Waals surface area contributed by atoms with Crippen molar-refractivity contribution >= 4 is 10.8 Å². The van der Waals surface area contributed by atoms with Crippen LogP contribution < -0.4 is 9.47 Å². The molecule has 4 rings (SSSR count). The Morgan fingerprint density at radius 1 is 0.926 bits per heavy atom. The van der Waals surface area contributed by atoms with Gasteiger partial charge in [-0.1, -0.05) is 44.0 Å². The minimum absolute atomic E-state index is 0.132. The van der Waals surface area contributed by atoms with Gasteiger partial charge < -0.3 is 19.7 Å². The van der Waals surface area contributed by atoms with E-state index in [0.29, 0.717) is 23.3 Å². The van der Waals surface area contributed by atoms with Gasteiger partial charge in [-0.05, 0) is 46.7 Å². The van der Waals surface area contributed by atoms with Gasteiger partial charge in [-0.15, -0.1) is 0 Å². The number of hydrogen-bond acceptors (Lipinski definition) is 4. The van der Waals surface area contributed by atoms with Crippen LogP contribution >= 0.6 is 0 Å². The highest BCUT2D eigenvalue weighted by molar-refractivity contribution is 6.06. The molecular formula is C23H24O4. The minimum atomic E-state index is -1.10. The molecule has 4 heteroatoms. The van der Waals surface area contributed by atoms with Gasteiger partial charge >= 0.3 is 0 Å². The summed E-state index contributed by atoms with van der Waals surface area (Å²) in [7, 11) is 3.17. The zero-order chi connectivity index (χ0) is 19.2. The Balaban J connectivity index is 2.10. The number of unbranched alkanes of at least 4 members (excludes halogenated alkanes) is 1. The summed E-state index contributed by atoms with van der Waals surface area (Å²) >= 11 is 0. The van der Waals surface area contributed by atoms with E-state index < -0.39 is 5.60 Å². The molecular weight excluding hydrogens is 340 g/mol. The molecule has 0 aromatic heterocycles. The maximum atomic E-state index is 11.7. The van der Waals surface area contributed by atoms with E-state index in [-0.39, 0.29) is 5.75 Å². The smallest absolute Gasteiger partial charge is 0.161 e. The van der Waals surface area contributed by atoms with Gasteiger partial charge in [-0.25, -0.2) is 0 Å². The van der Waals surface area contributed by atoms with E-state index in [2.05, 4.69) is 6.92 Å². The van der Waals surface area contributed by atoms with Gasteiger partial charge in [0.1, 0.15) is 11.4 Å². The monoisotopic (exact) mass is 364 g/mol. The number of hydrogen-bond donors (Lipinski definition) is 2. The third-order valence-corrected chi connectivity index (χ3v) is 5.60. The van der Waals surface area contributed by atoms with Crippen LogP contribution in [0.3, 0.4) is 0 Å². The predicted molar refractivity (Wildman–Crippen MR) is 107 cm³/mol. The predicted octanol–water partition coefficient (Wildman–Crippen LogP) is 4.97. The van der Waals surface area contributed by atoms with Gasteiger partial charge in [0.2, 0.25) is 0 Å². The summed E-state index contributed by atoms with van der Waals surface area (Å²) in [5, 5.41) is 23.9. The fraction of sp³-hybridized carbons (Fsp3) is 0.304. The number of benzene rings is 3. The standard InChI is InChI=1S/C23H24O4/c1-4-5-10-23(25)17-9-7-6-8-14(17)22-16-12-21(27-3)20(26-2)11-15(16)19(24)13-18(22)23/h6-9,11-13,24-25H,4-5,10H2,1-3H3. The van der Waals surface area contributed by atoms with Crippen molar-refractivity contribution < 1.29 is 19.7 Å². The number of methoxy groups -OCH3 is 2. The molecule has 27 heavy (non-hydrogen) atoms. The molecule has 0 amide bonds. The molecule has 1 atom stereocenters. The van der Waals surface area contributed by atoms with Crippen LogP contribution in [-0.4, -0.2) is 24.4 Å². The molecule has 0 spiro atoms. The second-order valence-electron chi connectivity index (χ2n) is 7.08. The molecule has 0 radical (unpaired) electrons. The van der Waals surface area contributed by atoms with Crippen LogP contribution in [0.25, 0.3) is 21.9 Å². The SMILES string of the molecule is CCCCC1(O)c2ccccc2-c2c1cc(O)c1cc(OC)c(OC)cc21. The van der Waals surface area contributed by atoms with Crippen molar-refractivity contribution in [3.8, 4) is 28.4 Å². The molecule has 0 bridgehead atoms. The summed E-state index contributed by atoms with van der Waals surface area (Å²) in [5.74, 6) is 1.29. The van der Waals surface area contributed by atoms with E-state index in [1.165, 1.54) is 0 Å². The number of aromatic hydroxyl groups is 1. The van der Waals surface area contributed by atoms with E-state index in [1.54, 1.807) is 26.4 Å². The van der Waals surface area contributed by atoms with Crippen molar-refractivity contribution in [2.45, 2.75) is 31.8 Å². The van der Waals surface area contributed by atoms with E-state index in [1.807, 2.05) is 30.3 Å². The second kappa shape index (κ2) is 6.46. The zero-order valence-corrected chi connectivity index (χ0v) is 15.9. The zero-order valence-electron chi connectivity index (χ0n) is 15.9. The van der Waals surface area contributed by atoms with Gasteiger partial charge in [-0.2, -0.15) is 0 Å². The van der Waals surface area contributed by atoms with Gasteiger partial charge in [0, 0.05) is 10.9 Å². The van der Waals surface area contributed by atoms with E-state index in [4.69, 9.17) is 9.47 Å². The van der Waals surface area contributed by atoms with Crippen molar-refractivity contribution in [2.75, 3.05) is 14.2 Å². The third-order valence-electron chi connectivity index (χ3n) is 5.60. The lowest BCUT2D eigenvalue weighted by molar-refractivity contribution is 0.0731. The van der Waals surface area contributed by atoms with Crippen molar-refractivity contribution in [2.24, 2.45) is 0 Å². The molecule has 1 aliphatic rings. The molecule has 3 aromatic rings. The Kier molecular flexibility index (Phi) is 4.23. The highest BCUT2D eigenvalue weighted by Gasteiger charge is 2.42. The van der Waals surface area contributed by atoms with E-state index in [9.17, 15) is 10.2 Å². The molecule has 4 nitrogen and oxygen atoms in total. The summed E-state index contributed by atoms with van der Waals surface area (Å²) in [5.41, 5.74) is 2.52. The summed E-state index contributed by atoms with van der Waals surface area (Å²) in [6.07, 6.45) is 2.51. The Morgan fingerprint density at radius 2 is 1.59 bits per heavy atom. The van der Waals surface area contributed by atoms with Crippen LogP contribution in [0.1, 0.15) is 37.3 Å². The van der Waals surface area contributed by atoms with Crippen LogP contribution in [0, 0.1) is 0 Å². The van der Waals surface area contributed by atoms with Gasteiger partial charge in [0.15, 0.2) is 11.5 Å². The van der Waals surface area contributed by atoms with Crippen LogP contribution in [0.2, 0.25) is 0 Å². The van der Waals surface area contributed by atoms with Gasteiger partial charge in [-0.3, -0.25) is 0 Å². The maximum absolute atomic E-state index is 11.7. The molecule has 0 fully saturated rings.